The van der Waals surface area contributed by atoms with Gasteiger partial charge in [-0.3, -0.25) is 9.78 Å². The summed E-state index contributed by atoms with van der Waals surface area (Å²) >= 11 is 7.37. The van der Waals surface area contributed by atoms with E-state index in [1.807, 2.05) is 18.2 Å². The van der Waals surface area contributed by atoms with E-state index in [-0.39, 0.29) is 19.2 Å². The van der Waals surface area contributed by atoms with Crippen molar-refractivity contribution in [1.82, 2.24) is 4.98 Å². The van der Waals surface area contributed by atoms with Gasteiger partial charge in [-0.2, -0.15) is 5.26 Å². The molecule has 0 aliphatic heterocycles. The topological polar surface area (TPSA) is 115 Å². The van der Waals surface area contributed by atoms with Gasteiger partial charge >= 0.3 is 0 Å². The van der Waals surface area contributed by atoms with Crippen molar-refractivity contribution >= 4 is 35.3 Å². The maximum atomic E-state index is 9.09. The fourth-order valence-electron chi connectivity index (χ4n) is 0.416. The number of pyridine rings is 1. The van der Waals surface area contributed by atoms with E-state index in [9.17, 15) is 0 Å². The van der Waals surface area contributed by atoms with Crippen molar-refractivity contribution in [2.45, 2.75) is 7.43 Å². The number of rotatable bonds is 1. The molecule has 0 unspecified atom stereocenters. The van der Waals surface area contributed by atoms with Gasteiger partial charge in [-0.25, -0.2) is 0 Å². The second-order valence-electron chi connectivity index (χ2n) is 2.13. The third kappa shape index (κ3) is 36.8. The summed E-state index contributed by atoms with van der Waals surface area (Å²) in [6.07, 6.45) is 3.50. The van der Waals surface area contributed by atoms with Gasteiger partial charge in [-0.1, -0.05) is 26.1 Å². The zero-order chi connectivity index (χ0) is 13.5. The Balaban J connectivity index is -0.000000189. The van der Waals surface area contributed by atoms with Crippen LogP contribution in [0, 0.1) is 11.3 Å². The van der Waals surface area contributed by atoms with E-state index in [2.05, 4.69) is 40.3 Å². The average molecular weight is 288 g/mol. The average Bonchev–Trinajstić information content (AvgIpc) is 2.29. The van der Waals surface area contributed by atoms with E-state index in [1.54, 1.807) is 18.5 Å². The molecule has 100 valence electrons. The van der Waals surface area contributed by atoms with Crippen molar-refractivity contribution in [2.24, 2.45) is 11.5 Å². The van der Waals surface area contributed by atoms with Crippen LogP contribution >= 0.6 is 24.8 Å². The summed E-state index contributed by atoms with van der Waals surface area (Å²) in [7, 11) is 0. The number of hydrogen-bond acceptors (Lipinski definition) is 5. The van der Waals surface area contributed by atoms with Crippen molar-refractivity contribution in [3.8, 4) is 6.07 Å². The van der Waals surface area contributed by atoms with E-state index in [0.29, 0.717) is 0 Å². The summed E-state index contributed by atoms with van der Waals surface area (Å²) in [4.78, 5) is 12.9. The van der Waals surface area contributed by atoms with Crippen LogP contribution in [0.15, 0.2) is 30.6 Å². The molecule has 0 bridgehead atoms. The largest absolute Gasteiger partial charge is 0.456 e. The van der Waals surface area contributed by atoms with Crippen molar-refractivity contribution in [3.63, 3.8) is 0 Å². The number of primary amides is 1. The summed E-state index contributed by atoms with van der Waals surface area (Å²) in [5, 5.41) is 7.10. The maximum absolute atomic E-state index is 9.09. The lowest BCUT2D eigenvalue weighted by atomic mass is 10.5. The Morgan fingerprint density at radius 1 is 1.39 bits per heavy atom. The highest BCUT2D eigenvalue weighted by Gasteiger charge is 1.81. The third-order valence-corrected chi connectivity index (χ3v) is 0.963. The zero-order valence-electron chi connectivity index (χ0n) is 8.81. The first-order valence-electron chi connectivity index (χ1n) is 4.13. The van der Waals surface area contributed by atoms with Crippen LogP contribution in [-0.4, -0.2) is 22.0 Å². The lowest BCUT2D eigenvalue weighted by Gasteiger charge is -1.91. The lowest BCUT2D eigenvalue weighted by Crippen LogP contribution is -2.12. The summed E-state index contributed by atoms with van der Waals surface area (Å²) in [6.45, 7) is -0.0602. The van der Waals surface area contributed by atoms with Crippen LogP contribution in [0.5, 0.6) is 0 Å². The predicted molar refractivity (Wildman–Crippen MR) is 77.9 cm³/mol. The molecule has 1 heterocycles. The Morgan fingerprint density at radius 2 is 1.83 bits per heavy atom. The van der Waals surface area contributed by atoms with Crippen LogP contribution in [0.1, 0.15) is 7.43 Å². The van der Waals surface area contributed by atoms with Gasteiger partial charge in [0.2, 0.25) is 0 Å². The molecule has 0 aliphatic rings. The molecule has 18 heavy (non-hydrogen) atoms. The Bertz CT molecular complexity index is 324. The van der Waals surface area contributed by atoms with E-state index in [0.717, 1.165) is 0 Å². The SMILES string of the molecule is C.N#CCOC(N)=S.NC(=O)S.c1ccncc1. The predicted octanol–water partition coefficient (Wildman–Crippen LogP) is 1.48. The number of amides is 1. The molecule has 1 amide bonds. The van der Waals surface area contributed by atoms with Crippen molar-refractivity contribution in [2.75, 3.05) is 6.61 Å². The van der Waals surface area contributed by atoms with Crippen molar-refractivity contribution < 1.29 is 9.53 Å². The molecule has 8 heteroatoms. The second-order valence-corrected chi connectivity index (χ2v) is 2.97. The number of nitriles is 1. The highest BCUT2D eigenvalue weighted by Crippen LogP contribution is 1.73. The summed E-state index contributed by atoms with van der Waals surface area (Å²) < 4.78 is 4.34. The fraction of sp³-hybridized carbons (Fsp3) is 0.200. The van der Waals surface area contributed by atoms with Crippen molar-refractivity contribution in [1.29, 1.82) is 5.26 Å². The van der Waals surface area contributed by atoms with Gasteiger partial charge in [0.25, 0.3) is 10.4 Å². The number of hydrogen-bond donors (Lipinski definition) is 3. The zero-order valence-corrected chi connectivity index (χ0v) is 10.5. The van der Waals surface area contributed by atoms with E-state index in [1.165, 1.54) is 0 Å². The van der Waals surface area contributed by atoms with E-state index >= 15 is 0 Å². The molecule has 0 spiro atoms. The Kier molecular flexibility index (Phi) is 20.9. The minimum Gasteiger partial charge on any atom is -0.456 e. The molecular formula is C10H16N4O2S2. The first kappa shape index (κ1) is 21.4. The Hall–Kier alpha value is -1.85. The first-order chi connectivity index (χ1) is 8.00. The van der Waals surface area contributed by atoms with E-state index < -0.39 is 5.24 Å². The third-order valence-electron chi connectivity index (χ3n) is 0.845. The first-order valence-corrected chi connectivity index (χ1v) is 4.98. The van der Waals surface area contributed by atoms with Crippen LogP contribution in [0.2, 0.25) is 0 Å². The van der Waals surface area contributed by atoms with Gasteiger partial charge in [0.05, 0.1) is 0 Å². The van der Waals surface area contributed by atoms with Crippen LogP contribution in [0.25, 0.3) is 0 Å². The molecule has 1 aromatic heterocycles. The number of thiol groups is 1. The lowest BCUT2D eigenvalue weighted by molar-refractivity contribution is 0.267. The van der Waals surface area contributed by atoms with Gasteiger partial charge < -0.3 is 16.2 Å². The standard InChI is InChI=1S/C5H5N.C3H4N2OS.CH3NOS.CH4/c1-2-4-6-5-3-1;4-1-2-6-3(5)7;2-1(3)4;/h1-5H;2H2,(H2,5,7);(H3,2,3,4);1H4. The Labute approximate surface area is 117 Å². The molecule has 0 saturated carbocycles. The maximum Gasteiger partial charge on any atom is 0.273 e. The number of thiocarbonyl (C=S) groups is 1. The summed E-state index contributed by atoms with van der Waals surface area (Å²) in [5.41, 5.74) is 9.17. The highest BCUT2D eigenvalue weighted by atomic mass is 32.1. The molecule has 1 aromatic rings. The van der Waals surface area contributed by atoms with E-state index in [4.69, 9.17) is 15.8 Å². The fourth-order valence-corrected chi connectivity index (χ4v) is 0.475. The monoisotopic (exact) mass is 288 g/mol. The summed E-state index contributed by atoms with van der Waals surface area (Å²) in [5.74, 6) is 0. The van der Waals surface area contributed by atoms with Gasteiger partial charge in [0.15, 0.2) is 6.61 Å². The minimum atomic E-state index is -0.639. The number of nitrogens with zero attached hydrogens (tertiary/aromatic N) is 2. The number of aromatic nitrogens is 1. The summed E-state index contributed by atoms with van der Waals surface area (Å²) in [6, 6.07) is 7.42. The number of carbonyl (C=O) groups is 1. The Morgan fingerprint density at radius 3 is 1.94 bits per heavy atom. The molecule has 0 radical (unpaired) electrons. The van der Waals surface area contributed by atoms with Crippen LogP contribution in [0.3, 0.4) is 0 Å². The quantitative estimate of drug-likeness (QED) is 0.532. The molecule has 0 atom stereocenters. The van der Waals surface area contributed by atoms with Crippen LogP contribution < -0.4 is 11.5 Å². The molecule has 0 aromatic carbocycles. The van der Waals surface area contributed by atoms with Gasteiger partial charge in [0.1, 0.15) is 6.07 Å². The normalized spacial score (nSPS) is 6.67. The molecular weight excluding hydrogens is 272 g/mol. The number of nitrogens with two attached hydrogens (primary N) is 2. The molecule has 6 nitrogen and oxygen atoms in total. The molecule has 4 N–H and O–H groups in total. The smallest absolute Gasteiger partial charge is 0.273 e. The molecule has 0 aliphatic carbocycles. The molecule has 1 rings (SSSR count). The van der Waals surface area contributed by atoms with Gasteiger partial charge in [0, 0.05) is 12.4 Å². The molecule has 0 saturated heterocycles. The molecule has 0 fully saturated rings. The number of carbonyl (C=O) groups excluding carboxylic acids is 1. The van der Waals surface area contributed by atoms with Gasteiger partial charge in [-0.15, -0.1) is 0 Å². The number of ether oxygens (including phenoxy) is 1. The minimum absolute atomic E-state index is 0. The van der Waals surface area contributed by atoms with Crippen LogP contribution in [-0.2, 0) is 4.74 Å². The van der Waals surface area contributed by atoms with Crippen molar-refractivity contribution in [3.05, 3.63) is 30.6 Å². The highest BCUT2D eigenvalue weighted by molar-refractivity contribution is 7.96. The van der Waals surface area contributed by atoms with Gasteiger partial charge in [-0.05, 0) is 24.4 Å². The van der Waals surface area contributed by atoms with Crippen LogP contribution in [0.4, 0.5) is 4.79 Å². The second kappa shape index (κ2) is 17.5.